The van der Waals surface area contributed by atoms with Crippen LogP contribution in [0.25, 0.3) is 0 Å². The number of carboxylic acid groups (broad SMARTS) is 1. The second-order valence-electron chi connectivity index (χ2n) is 5.31. The Kier molecular flexibility index (Phi) is 4.61. The molecular weight excluding hydrogens is 256 g/mol. The molecule has 1 aliphatic carbocycles. The van der Waals surface area contributed by atoms with Crippen molar-refractivity contribution >= 4 is 12.0 Å². The maximum atomic E-state index is 12.1. The number of carboxylic acids is 1. The summed E-state index contributed by atoms with van der Waals surface area (Å²) in [7, 11) is 1.71. The predicted octanol–water partition coefficient (Wildman–Crippen LogP) is 2.25. The number of carbonyl (C=O) groups is 2. The van der Waals surface area contributed by atoms with E-state index in [0.717, 1.165) is 12.8 Å². The Balaban J connectivity index is 1.97. The Hall–Kier alpha value is -2.04. The van der Waals surface area contributed by atoms with Gasteiger partial charge in [0.1, 0.15) is 0 Å². The van der Waals surface area contributed by atoms with Gasteiger partial charge in [0.2, 0.25) is 0 Å². The van der Waals surface area contributed by atoms with Crippen LogP contribution in [0.5, 0.6) is 0 Å². The van der Waals surface area contributed by atoms with Crippen molar-refractivity contribution in [2.45, 2.75) is 25.3 Å². The highest BCUT2D eigenvalue weighted by Crippen LogP contribution is 2.26. The molecule has 1 atom stereocenters. The van der Waals surface area contributed by atoms with Crippen molar-refractivity contribution in [2.75, 3.05) is 13.6 Å². The van der Waals surface area contributed by atoms with Gasteiger partial charge in [-0.3, -0.25) is 0 Å². The van der Waals surface area contributed by atoms with E-state index in [9.17, 15) is 14.7 Å². The van der Waals surface area contributed by atoms with Gasteiger partial charge in [-0.1, -0.05) is 36.8 Å². The lowest BCUT2D eigenvalue weighted by Gasteiger charge is -2.30. The first-order chi connectivity index (χ1) is 9.58. The first kappa shape index (κ1) is 14.4. The number of hydrogen-bond acceptors (Lipinski definition) is 2. The van der Waals surface area contributed by atoms with Crippen molar-refractivity contribution in [2.24, 2.45) is 5.92 Å². The molecule has 0 unspecified atom stereocenters. The Labute approximate surface area is 118 Å². The van der Waals surface area contributed by atoms with Crippen LogP contribution in [0.1, 0.15) is 30.9 Å². The monoisotopic (exact) mass is 276 g/mol. The van der Waals surface area contributed by atoms with Crippen LogP contribution in [0.4, 0.5) is 4.79 Å². The number of carbonyl (C=O) groups excluding carboxylic acids is 1. The molecule has 0 saturated heterocycles. The normalized spacial score (nSPS) is 16.1. The summed E-state index contributed by atoms with van der Waals surface area (Å²) < 4.78 is 0. The summed E-state index contributed by atoms with van der Waals surface area (Å²) in [6, 6.07) is 7.38. The van der Waals surface area contributed by atoms with Gasteiger partial charge in [0.05, 0.1) is 0 Å². The van der Waals surface area contributed by atoms with Crippen LogP contribution in [-0.4, -0.2) is 35.6 Å². The molecule has 0 bridgehead atoms. The van der Waals surface area contributed by atoms with Crippen molar-refractivity contribution in [1.29, 1.82) is 0 Å². The number of rotatable bonds is 5. The topological polar surface area (TPSA) is 69.6 Å². The molecule has 1 saturated carbocycles. The van der Waals surface area contributed by atoms with Crippen molar-refractivity contribution in [3.8, 4) is 0 Å². The molecule has 0 heterocycles. The largest absolute Gasteiger partial charge is 0.479 e. The zero-order chi connectivity index (χ0) is 14.5. The summed E-state index contributed by atoms with van der Waals surface area (Å²) in [5.41, 5.74) is 0.574. The molecule has 5 nitrogen and oxygen atoms in total. The van der Waals surface area contributed by atoms with E-state index < -0.39 is 12.0 Å². The van der Waals surface area contributed by atoms with E-state index in [2.05, 4.69) is 5.32 Å². The van der Waals surface area contributed by atoms with Crippen LogP contribution in [0.3, 0.4) is 0 Å². The van der Waals surface area contributed by atoms with Gasteiger partial charge in [-0.05, 0) is 24.3 Å². The second kappa shape index (κ2) is 6.41. The second-order valence-corrected chi connectivity index (χ2v) is 5.31. The molecular formula is C15H20N2O3. The third-order valence-corrected chi connectivity index (χ3v) is 3.75. The van der Waals surface area contributed by atoms with Crippen molar-refractivity contribution in [3.05, 3.63) is 35.9 Å². The minimum absolute atomic E-state index is 0.340. The maximum absolute atomic E-state index is 12.1. The first-order valence-corrected chi connectivity index (χ1v) is 6.87. The standard InChI is InChI=1S/C15H20N2O3/c1-17(10-11-6-5-7-11)15(20)16-13(14(18)19)12-8-3-2-4-9-12/h2-4,8-9,11,13H,5-7,10H2,1H3,(H,16,20)(H,18,19)/t13-/m1/s1. The van der Waals surface area contributed by atoms with Gasteiger partial charge in [0, 0.05) is 13.6 Å². The van der Waals surface area contributed by atoms with Crippen molar-refractivity contribution in [3.63, 3.8) is 0 Å². The smallest absolute Gasteiger partial charge is 0.330 e. The highest BCUT2D eigenvalue weighted by atomic mass is 16.4. The van der Waals surface area contributed by atoms with E-state index in [1.54, 1.807) is 36.2 Å². The molecule has 0 aliphatic heterocycles. The van der Waals surface area contributed by atoms with Crippen LogP contribution >= 0.6 is 0 Å². The average molecular weight is 276 g/mol. The van der Waals surface area contributed by atoms with Gasteiger partial charge < -0.3 is 15.3 Å². The third-order valence-electron chi connectivity index (χ3n) is 3.75. The molecule has 1 fully saturated rings. The third kappa shape index (κ3) is 3.50. The summed E-state index contributed by atoms with van der Waals surface area (Å²) >= 11 is 0. The molecule has 1 aromatic rings. The highest BCUT2D eigenvalue weighted by Gasteiger charge is 2.26. The molecule has 2 rings (SSSR count). The molecule has 0 spiro atoms. The summed E-state index contributed by atoms with van der Waals surface area (Å²) in [5.74, 6) is -0.493. The SMILES string of the molecule is CN(CC1CCC1)C(=O)N[C@@H](C(=O)O)c1ccccc1. The number of nitrogens with one attached hydrogen (secondary N) is 1. The van der Waals surface area contributed by atoms with Crippen LogP contribution in [0.15, 0.2) is 30.3 Å². The minimum atomic E-state index is -1.05. The van der Waals surface area contributed by atoms with E-state index in [1.165, 1.54) is 6.42 Å². The summed E-state index contributed by atoms with van der Waals surface area (Å²) in [4.78, 5) is 24.9. The number of amides is 2. The molecule has 1 aliphatic rings. The first-order valence-electron chi connectivity index (χ1n) is 6.87. The lowest BCUT2D eigenvalue weighted by Crippen LogP contribution is -2.44. The molecule has 5 heteroatoms. The van der Waals surface area contributed by atoms with E-state index >= 15 is 0 Å². The minimum Gasteiger partial charge on any atom is -0.479 e. The fraction of sp³-hybridized carbons (Fsp3) is 0.467. The number of benzene rings is 1. The molecule has 1 aromatic carbocycles. The number of urea groups is 1. The number of aliphatic carboxylic acids is 1. The van der Waals surface area contributed by atoms with Crippen molar-refractivity contribution in [1.82, 2.24) is 10.2 Å². The van der Waals surface area contributed by atoms with Gasteiger partial charge >= 0.3 is 12.0 Å². The van der Waals surface area contributed by atoms with Crippen LogP contribution < -0.4 is 5.32 Å². The van der Waals surface area contributed by atoms with Crippen LogP contribution in [-0.2, 0) is 4.79 Å². The quantitative estimate of drug-likeness (QED) is 0.866. The lowest BCUT2D eigenvalue weighted by atomic mass is 9.85. The van der Waals surface area contributed by atoms with E-state index in [4.69, 9.17) is 0 Å². The molecule has 0 aromatic heterocycles. The number of hydrogen-bond donors (Lipinski definition) is 2. The Bertz CT molecular complexity index is 471. The summed E-state index contributed by atoms with van der Waals surface area (Å²) in [6.45, 7) is 0.687. The number of nitrogens with zero attached hydrogens (tertiary/aromatic N) is 1. The van der Waals surface area contributed by atoms with E-state index in [1.807, 2.05) is 6.07 Å². The summed E-state index contributed by atoms with van der Waals surface area (Å²) in [6.07, 6.45) is 3.53. The van der Waals surface area contributed by atoms with Crippen molar-refractivity contribution < 1.29 is 14.7 Å². The zero-order valence-corrected chi connectivity index (χ0v) is 11.6. The summed E-state index contributed by atoms with van der Waals surface area (Å²) in [5, 5.41) is 11.8. The van der Waals surface area contributed by atoms with Crippen LogP contribution in [0.2, 0.25) is 0 Å². The van der Waals surface area contributed by atoms with Gasteiger partial charge in [0.15, 0.2) is 6.04 Å². The average Bonchev–Trinajstić information content (AvgIpc) is 2.40. The molecule has 2 amide bonds. The fourth-order valence-electron chi connectivity index (χ4n) is 2.31. The Morgan fingerprint density at radius 3 is 2.50 bits per heavy atom. The van der Waals surface area contributed by atoms with Gasteiger partial charge in [-0.15, -0.1) is 0 Å². The Morgan fingerprint density at radius 1 is 1.35 bits per heavy atom. The molecule has 20 heavy (non-hydrogen) atoms. The molecule has 0 radical (unpaired) electrons. The fourth-order valence-corrected chi connectivity index (χ4v) is 2.31. The van der Waals surface area contributed by atoms with Gasteiger partial charge in [0.25, 0.3) is 0 Å². The lowest BCUT2D eigenvalue weighted by molar-refractivity contribution is -0.139. The van der Waals surface area contributed by atoms with Gasteiger partial charge in [-0.25, -0.2) is 9.59 Å². The zero-order valence-electron chi connectivity index (χ0n) is 11.6. The predicted molar refractivity (Wildman–Crippen MR) is 75.3 cm³/mol. The maximum Gasteiger partial charge on any atom is 0.330 e. The van der Waals surface area contributed by atoms with E-state index in [-0.39, 0.29) is 6.03 Å². The van der Waals surface area contributed by atoms with E-state index in [0.29, 0.717) is 18.0 Å². The highest BCUT2D eigenvalue weighted by molar-refractivity contribution is 5.83. The van der Waals surface area contributed by atoms with Crippen LogP contribution in [0, 0.1) is 5.92 Å². The molecule has 2 N–H and O–H groups in total. The molecule has 108 valence electrons. The van der Waals surface area contributed by atoms with Gasteiger partial charge in [-0.2, -0.15) is 0 Å². The Morgan fingerprint density at radius 2 is 2.00 bits per heavy atom.